The highest BCUT2D eigenvalue weighted by atomic mass is 15.3. The zero-order valence-electron chi connectivity index (χ0n) is 13.4. The molecule has 0 amide bonds. The summed E-state index contributed by atoms with van der Waals surface area (Å²) in [5.74, 6) is 0.685. The van der Waals surface area contributed by atoms with Gasteiger partial charge in [-0.15, -0.1) is 0 Å². The van der Waals surface area contributed by atoms with Crippen LogP contribution in [0, 0.1) is 5.92 Å². The van der Waals surface area contributed by atoms with Crippen LogP contribution in [-0.4, -0.2) is 22.4 Å². The van der Waals surface area contributed by atoms with Gasteiger partial charge in [-0.25, -0.2) is 0 Å². The molecule has 1 fully saturated rings. The number of rotatable bonds is 7. The van der Waals surface area contributed by atoms with Crippen LogP contribution in [0.5, 0.6) is 0 Å². The molecule has 1 heterocycles. The van der Waals surface area contributed by atoms with E-state index in [0.29, 0.717) is 18.0 Å². The Bertz CT molecular complexity index is 379. The highest BCUT2D eigenvalue weighted by molar-refractivity contribution is 5.02. The summed E-state index contributed by atoms with van der Waals surface area (Å²) >= 11 is 0. The predicted octanol–water partition coefficient (Wildman–Crippen LogP) is 3.96. The first-order valence-electron chi connectivity index (χ1n) is 8.52. The third-order valence-electron chi connectivity index (χ3n) is 4.84. The van der Waals surface area contributed by atoms with Crippen LogP contribution in [0.1, 0.15) is 71.0 Å². The van der Waals surface area contributed by atoms with Crippen LogP contribution in [-0.2, 0) is 6.42 Å². The van der Waals surface area contributed by atoms with E-state index in [0.717, 1.165) is 13.0 Å². The van der Waals surface area contributed by atoms with Gasteiger partial charge in [0.1, 0.15) is 0 Å². The maximum absolute atomic E-state index is 4.85. The molecule has 2 atom stereocenters. The first-order chi connectivity index (χ1) is 9.74. The Labute approximate surface area is 124 Å². The van der Waals surface area contributed by atoms with Gasteiger partial charge < -0.3 is 5.32 Å². The number of nitrogens with zero attached hydrogens (tertiary/aromatic N) is 2. The van der Waals surface area contributed by atoms with Crippen molar-refractivity contribution in [3.8, 4) is 0 Å². The monoisotopic (exact) mass is 277 g/mol. The van der Waals surface area contributed by atoms with Crippen molar-refractivity contribution in [2.45, 2.75) is 77.8 Å². The smallest absolute Gasteiger partial charge is 0.0628 e. The zero-order valence-corrected chi connectivity index (χ0v) is 13.4. The van der Waals surface area contributed by atoms with Gasteiger partial charge in [0.2, 0.25) is 0 Å². The van der Waals surface area contributed by atoms with Crippen molar-refractivity contribution < 1.29 is 0 Å². The molecule has 0 bridgehead atoms. The minimum Gasteiger partial charge on any atom is -0.314 e. The van der Waals surface area contributed by atoms with Crippen molar-refractivity contribution >= 4 is 0 Å². The molecule has 1 saturated carbocycles. The minimum atomic E-state index is 0.574. The predicted molar refractivity (Wildman–Crippen MR) is 85.0 cm³/mol. The summed E-state index contributed by atoms with van der Waals surface area (Å²) < 4.78 is 2.24. The molecule has 1 aromatic heterocycles. The van der Waals surface area contributed by atoms with Crippen LogP contribution in [0.4, 0.5) is 0 Å². The second-order valence-electron chi connectivity index (χ2n) is 6.30. The van der Waals surface area contributed by atoms with Gasteiger partial charge in [0.25, 0.3) is 0 Å². The Kier molecular flexibility index (Phi) is 6.08. The second-order valence-corrected chi connectivity index (χ2v) is 6.30. The lowest BCUT2D eigenvalue weighted by atomic mass is 9.93. The lowest BCUT2D eigenvalue weighted by Crippen LogP contribution is -2.34. The molecule has 114 valence electrons. The summed E-state index contributed by atoms with van der Waals surface area (Å²) in [5.41, 5.74) is 1.27. The van der Waals surface area contributed by atoms with Crippen LogP contribution in [0.3, 0.4) is 0 Å². The maximum Gasteiger partial charge on any atom is 0.0628 e. The first kappa shape index (κ1) is 15.6. The third-order valence-corrected chi connectivity index (χ3v) is 4.84. The van der Waals surface area contributed by atoms with E-state index >= 15 is 0 Å². The van der Waals surface area contributed by atoms with Gasteiger partial charge in [0.15, 0.2) is 0 Å². The van der Waals surface area contributed by atoms with Gasteiger partial charge in [-0.2, -0.15) is 5.10 Å². The molecule has 2 rings (SSSR count). The van der Waals surface area contributed by atoms with E-state index in [1.807, 2.05) is 0 Å². The summed E-state index contributed by atoms with van der Waals surface area (Å²) in [7, 11) is 0. The summed E-state index contributed by atoms with van der Waals surface area (Å²) in [6.07, 6.45) is 11.3. The fraction of sp³-hybridized carbons (Fsp3) is 0.824. The third kappa shape index (κ3) is 4.08. The van der Waals surface area contributed by atoms with Crippen LogP contribution in [0.2, 0.25) is 0 Å². The standard InChI is InChI=1S/C17H31N3/c1-4-15(14(3)18-5-2)13-16-11-12-20(19-16)17-9-7-6-8-10-17/h11-12,14-15,17-18H,4-10,13H2,1-3H3. The van der Waals surface area contributed by atoms with Crippen LogP contribution in [0.25, 0.3) is 0 Å². The Hall–Kier alpha value is -0.830. The van der Waals surface area contributed by atoms with E-state index in [-0.39, 0.29) is 0 Å². The van der Waals surface area contributed by atoms with Crippen molar-refractivity contribution in [3.63, 3.8) is 0 Å². The highest BCUT2D eigenvalue weighted by Gasteiger charge is 2.19. The molecule has 20 heavy (non-hydrogen) atoms. The van der Waals surface area contributed by atoms with Gasteiger partial charge in [-0.1, -0.05) is 39.5 Å². The molecule has 2 unspecified atom stereocenters. The van der Waals surface area contributed by atoms with E-state index in [1.165, 1.54) is 44.2 Å². The summed E-state index contributed by atoms with van der Waals surface area (Å²) in [6.45, 7) is 7.82. The Balaban J connectivity index is 1.93. The van der Waals surface area contributed by atoms with Gasteiger partial charge in [-0.3, -0.25) is 4.68 Å². The molecular formula is C17H31N3. The SMILES string of the molecule is CCNC(C)C(CC)Cc1ccn(C2CCCCC2)n1. The average molecular weight is 277 g/mol. The molecule has 3 heteroatoms. The number of nitrogens with one attached hydrogen (secondary N) is 1. The van der Waals surface area contributed by atoms with Crippen molar-refractivity contribution in [2.75, 3.05) is 6.54 Å². The van der Waals surface area contributed by atoms with Crippen LogP contribution >= 0.6 is 0 Å². The quantitative estimate of drug-likeness (QED) is 0.817. The normalized spacial score (nSPS) is 19.9. The average Bonchev–Trinajstić information content (AvgIpc) is 2.94. The fourth-order valence-corrected chi connectivity index (χ4v) is 3.47. The van der Waals surface area contributed by atoms with Gasteiger partial charge in [-0.05, 0) is 44.7 Å². The molecule has 0 aromatic carbocycles. The molecule has 1 aliphatic rings. The Morgan fingerprint density at radius 1 is 1.30 bits per heavy atom. The zero-order chi connectivity index (χ0) is 14.4. The number of aromatic nitrogens is 2. The van der Waals surface area contributed by atoms with Gasteiger partial charge >= 0.3 is 0 Å². The molecular weight excluding hydrogens is 246 g/mol. The Morgan fingerprint density at radius 3 is 2.70 bits per heavy atom. The summed E-state index contributed by atoms with van der Waals surface area (Å²) in [4.78, 5) is 0. The van der Waals surface area contributed by atoms with Crippen molar-refractivity contribution in [3.05, 3.63) is 18.0 Å². The van der Waals surface area contributed by atoms with Gasteiger partial charge in [0, 0.05) is 12.2 Å². The largest absolute Gasteiger partial charge is 0.314 e. The highest BCUT2D eigenvalue weighted by Crippen LogP contribution is 2.27. The summed E-state index contributed by atoms with van der Waals surface area (Å²) in [6, 6.07) is 3.46. The summed E-state index contributed by atoms with van der Waals surface area (Å²) in [5, 5.41) is 8.41. The lowest BCUT2D eigenvalue weighted by molar-refractivity contribution is 0.324. The van der Waals surface area contributed by atoms with Crippen LogP contribution in [0.15, 0.2) is 12.3 Å². The molecule has 0 spiro atoms. The van der Waals surface area contributed by atoms with E-state index in [1.54, 1.807) is 0 Å². The molecule has 1 aliphatic carbocycles. The maximum atomic E-state index is 4.85. The number of hydrogen-bond donors (Lipinski definition) is 1. The lowest BCUT2D eigenvalue weighted by Gasteiger charge is -2.23. The van der Waals surface area contributed by atoms with E-state index < -0.39 is 0 Å². The van der Waals surface area contributed by atoms with Crippen LogP contribution < -0.4 is 5.32 Å². The Morgan fingerprint density at radius 2 is 2.05 bits per heavy atom. The van der Waals surface area contributed by atoms with E-state index in [2.05, 4.69) is 43.0 Å². The fourth-order valence-electron chi connectivity index (χ4n) is 3.47. The molecule has 0 radical (unpaired) electrons. The van der Waals surface area contributed by atoms with E-state index in [9.17, 15) is 0 Å². The molecule has 1 aromatic rings. The second kappa shape index (κ2) is 7.82. The first-order valence-corrected chi connectivity index (χ1v) is 8.52. The van der Waals surface area contributed by atoms with Crippen molar-refractivity contribution in [2.24, 2.45) is 5.92 Å². The molecule has 3 nitrogen and oxygen atoms in total. The minimum absolute atomic E-state index is 0.574. The number of hydrogen-bond acceptors (Lipinski definition) is 2. The van der Waals surface area contributed by atoms with E-state index in [4.69, 9.17) is 5.10 Å². The topological polar surface area (TPSA) is 29.9 Å². The molecule has 0 saturated heterocycles. The van der Waals surface area contributed by atoms with Crippen molar-refractivity contribution in [1.29, 1.82) is 0 Å². The molecule has 1 N–H and O–H groups in total. The van der Waals surface area contributed by atoms with Crippen molar-refractivity contribution in [1.82, 2.24) is 15.1 Å². The molecule has 0 aliphatic heterocycles. The van der Waals surface area contributed by atoms with Gasteiger partial charge in [0.05, 0.1) is 11.7 Å².